The molecule has 18 heavy (non-hydrogen) atoms. The maximum atomic E-state index is 5.48. The van der Waals surface area contributed by atoms with Crippen molar-refractivity contribution in [2.75, 3.05) is 33.1 Å². The number of benzene rings is 1. The minimum atomic E-state index is 0.288. The molecule has 0 aromatic heterocycles. The predicted octanol–water partition coefficient (Wildman–Crippen LogP) is 3.10. The van der Waals surface area contributed by atoms with E-state index in [1.807, 2.05) is 23.9 Å². The fourth-order valence-electron chi connectivity index (χ4n) is 1.90. The first-order valence-electron chi connectivity index (χ1n) is 6.26. The molecule has 1 aromatic rings. The van der Waals surface area contributed by atoms with E-state index >= 15 is 0 Å². The predicted molar refractivity (Wildman–Crippen MR) is 77.7 cm³/mol. The summed E-state index contributed by atoms with van der Waals surface area (Å²) in [6, 6.07) is 6.49. The van der Waals surface area contributed by atoms with Gasteiger partial charge < -0.3 is 14.8 Å². The van der Waals surface area contributed by atoms with Crippen LogP contribution in [-0.4, -0.2) is 33.1 Å². The lowest BCUT2D eigenvalue weighted by Gasteiger charge is -2.20. The summed E-state index contributed by atoms with van der Waals surface area (Å²) in [4.78, 5) is 1.26. The second-order valence-electron chi connectivity index (χ2n) is 3.99. The lowest BCUT2D eigenvalue weighted by molar-refractivity contribution is 0.218. The van der Waals surface area contributed by atoms with Crippen LogP contribution in [0, 0.1) is 0 Å². The van der Waals surface area contributed by atoms with Crippen LogP contribution in [0.15, 0.2) is 23.1 Å². The fourth-order valence-corrected chi connectivity index (χ4v) is 2.98. The Kier molecular flexibility index (Phi) is 7.16. The molecule has 0 aliphatic heterocycles. The van der Waals surface area contributed by atoms with Crippen LogP contribution in [0.4, 0.5) is 0 Å². The van der Waals surface area contributed by atoms with Gasteiger partial charge in [-0.3, -0.25) is 0 Å². The summed E-state index contributed by atoms with van der Waals surface area (Å²) in [6.45, 7) is 5.99. The van der Waals surface area contributed by atoms with Crippen molar-refractivity contribution >= 4 is 11.8 Å². The van der Waals surface area contributed by atoms with Crippen LogP contribution < -0.4 is 10.1 Å². The first-order valence-corrected chi connectivity index (χ1v) is 7.25. The van der Waals surface area contributed by atoms with Gasteiger partial charge in [-0.1, -0.05) is 13.0 Å². The number of hydrogen-bond donors (Lipinski definition) is 1. The normalized spacial score (nSPS) is 12.4. The standard InChI is InChI=1S/C14H23NO2S/c1-5-15-11(2)14-12(17-4)7-6-8-13(14)18-10-9-16-3/h6-8,11,15H,5,9-10H2,1-4H3. The molecule has 1 rings (SSSR count). The highest BCUT2D eigenvalue weighted by molar-refractivity contribution is 7.99. The van der Waals surface area contributed by atoms with Gasteiger partial charge in [0.15, 0.2) is 0 Å². The van der Waals surface area contributed by atoms with Crippen molar-refractivity contribution in [3.63, 3.8) is 0 Å². The van der Waals surface area contributed by atoms with Crippen LogP contribution in [0.2, 0.25) is 0 Å². The highest BCUT2D eigenvalue weighted by Crippen LogP contribution is 2.34. The number of nitrogens with one attached hydrogen (secondary N) is 1. The van der Waals surface area contributed by atoms with Gasteiger partial charge in [0.2, 0.25) is 0 Å². The molecule has 0 saturated carbocycles. The first-order chi connectivity index (χ1) is 8.74. The molecule has 1 N–H and O–H groups in total. The molecule has 0 bridgehead atoms. The van der Waals surface area contributed by atoms with E-state index in [2.05, 4.69) is 25.2 Å². The minimum absolute atomic E-state index is 0.288. The molecule has 0 saturated heterocycles. The van der Waals surface area contributed by atoms with Crippen molar-refractivity contribution in [3.05, 3.63) is 23.8 Å². The summed E-state index contributed by atoms with van der Waals surface area (Å²) in [6.07, 6.45) is 0. The molecule has 0 fully saturated rings. The minimum Gasteiger partial charge on any atom is -0.496 e. The molecule has 0 radical (unpaired) electrons. The molecule has 4 heteroatoms. The Bertz CT molecular complexity index is 358. The molecule has 0 aliphatic rings. The van der Waals surface area contributed by atoms with Gasteiger partial charge in [-0.05, 0) is 25.6 Å². The molecular formula is C14H23NO2S. The van der Waals surface area contributed by atoms with Gasteiger partial charge in [0.25, 0.3) is 0 Å². The number of hydrogen-bond acceptors (Lipinski definition) is 4. The molecule has 0 aliphatic carbocycles. The third-order valence-electron chi connectivity index (χ3n) is 2.73. The van der Waals surface area contributed by atoms with Gasteiger partial charge in [-0.15, -0.1) is 11.8 Å². The van der Waals surface area contributed by atoms with Crippen molar-refractivity contribution in [3.8, 4) is 5.75 Å². The molecule has 1 unspecified atom stereocenters. The SMILES string of the molecule is CCNC(C)c1c(OC)cccc1SCCOC. The summed E-state index contributed by atoms with van der Waals surface area (Å²) in [5, 5.41) is 3.44. The third kappa shape index (κ3) is 4.19. The Morgan fingerprint density at radius 2 is 2.11 bits per heavy atom. The number of thioether (sulfide) groups is 1. The maximum Gasteiger partial charge on any atom is 0.124 e. The number of methoxy groups -OCH3 is 2. The highest BCUT2D eigenvalue weighted by Gasteiger charge is 2.15. The first kappa shape index (κ1) is 15.3. The van der Waals surface area contributed by atoms with Crippen molar-refractivity contribution in [1.29, 1.82) is 0 Å². The van der Waals surface area contributed by atoms with Crippen LogP contribution in [0.3, 0.4) is 0 Å². The average molecular weight is 269 g/mol. The van der Waals surface area contributed by atoms with Crippen molar-refractivity contribution in [2.24, 2.45) is 0 Å². The molecule has 0 amide bonds. The smallest absolute Gasteiger partial charge is 0.124 e. The molecule has 1 aromatic carbocycles. The molecule has 0 spiro atoms. The van der Waals surface area contributed by atoms with Crippen LogP contribution in [-0.2, 0) is 4.74 Å². The molecule has 0 heterocycles. The summed E-state index contributed by atoms with van der Waals surface area (Å²) in [5.74, 6) is 1.90. The summed E-state index contributed by atoms with van der Waals surface area (Å²) >= 11 is 1.81. The van der Waals surface area contributed by atoms with Crippen LogP contribution in [0.1, 0.15) is 25.5 Å². The topological polar surface area (TPSA) is 30.5 Å². The van der Waals surface area contributed by atoms with E-state index in [0.29, 0.717) is 0 Å². The van der Waals surface area contributed by atoms with Gasteiger partial charge in [0.05, 0.1) is 13.7 Å². The van der Waals surface area contributed by atoms with E-state index in [-0.39, 0.29) is 6.04 Å². The van der Waals surface area contributed by atoms with E-state index in [9.17, 15) is 0 Å². The zero-order chi connectivity index (χ0) is 13.4. The lowest BCUT2D eigenvalue weighted by atomic mass is 10.1. The van der Waals surface area contributed by atoms with E-state index in [1.165, 1.54) is 10.5 Å². The molecule has 1 atom stereocenters. The lowest BCUT2D eigenvalue weighted by Crippen LogP contribution is -2.19. The van der Waals surface area contributed by atoms with Gasteiger partial charge in [0, 0.05) is 29.4 Å². The Morgan fingerprint density at radius 1 is 1.33 bits per heavy atom. The Balaban J connectivity index is 2.92. The zero-order valence-electron chi connectivity index (χ0n) is 11.7. The van der Waals surface area contributed by atoms with Crippen molar-refractivity contribution in [2.45, 2.75) is 24.8 Å². The van der Waals surface area contributed by atoms with Crippen LogP contribution in [0.25, 0.3) is 0 Å². The summed E-state index contributed by atoms with van der Waals surface area (Å²) < 4.78 is 10.6. The van der Waals surface area contributed by atoms with E-state index < -0.39 is 0 Å². The van der Waals surface area contributed by atoms with E-state index in [4.69, 9.17) is 9.47 Å². The van der Waals surface area contributed by atoms with Crippen molar-refractivity contribution in [1.82, 2.24) is 5.32 Å². The second kappa shape index (κ2) is 8.40. The van der Waals surface area contributed by atoms with Gasteiger partial charge in [-0.2, -0.15) is 0 Å². The Hall–Kier alpha value is -0.710. The highest BCUT2D eigenvalue weighted by atomic mass is 32.2. The number of ether oxygens (including phenoxy) is 2. The van der Waals surface area contributed by atoms with E-state index in [0.717, 1.165) is 24.7 Å². The maximum absolute atomic E-state index is 5.48. The molecule has 3 nitrogen and oxygen atoms in total. The molecular weight excluding hydrogens is 246 g/mol. The number of rotatable bonds is 8. The Morgan fingerprint density at radius 3 is 2.72 bits per heavy atom. The molecule has 102 valence electrons. The fraction of sp³-hybridized carbons (Fsp3) is 0.571. The summed E-state index contributed by atoms with van der Waals surface area (Å²) in [5.41, 5.74) is 1.24. The quantitative estimate of drug-likeness (QED) is 0.580. The summed E-state index contributed by atoms with van der Waals surface area (Å²) in [7, 11) is 3.45. The van der Waals surface area contributed by atoms with E-state index in [1.54, 1.807) is 14.2 Å². The second-order valence-corrected chi connectivity index (χ2v) is 5.13. The van der Waals surface area contributed by atoms with Crippen LogP contribution in [0.5, 0.6) is 5.75 Å². The van der Waals surface area contributed by atoms with Gasteiger partial charge >= 0.3 is 0 Å². The van der Waals surface area contributed by atoms with Crippen molar-refractivity contribution < 1.29 is 9.47 Å². The van der Waals surface area contributed by atoms with Gasteiger partial charge in [-0.25, -0.2) is 0 Å². The zero-order valence-corrected chi connectivity index (χ0v) is 12.5. The average Bonchev–Trinajstić information content (AvgIpc) is 2.39. The third-order valence-corrected chi connectivity index (χ3v) is 3.77. The van der Waals surface area contributed by atoms with Crippen LogP contribution >= 0.6 is 11.8 Å². The largest absolute Gasteiger partial charge is 0.496 e. The monoisotopic (exact) mass is 269 g/mol. The van der Waals surface area contributed by atoms with Gasteiger partial charge in [0.1, 0.15) is 5.75 Å². The Labute approximate surface area is 114 Å².